The minimum absolute atomic E-state index is 0.00490. The van der Waals surface area contributed by atoms with Gasteiger partial charge in [-0.3, -0.25) is 9.48 Å². The summed E-state index contributed by atoms with van der Waals surface area (Å²) in [6.07, 6.45) is -2.42. The van der Waals surface area contributed by atoms with E-state index in [1.165, 1.54) is 16.8 Å². The predicted molar refractivity (Wildman–Crippen MR) is 106 cm³/mol. The van der Waals surface area contributed by atoms with Crippen LogP contribution in [0.1, 0.15) is 52.9 Å². The number of rotatable bonds is 9. The van der Waals surface area contributed by atoms with Crippen LogP contribution in [-0.2, 0) is 19.3 Å². The van der Waals surface area contributed by atoms with Gasteiger partial charge in [-0.15, -0.1) is 0 Å². The van der Waals surface area contributed by atoms with Crippen LogP contribution in [0.25, 0.3) is 0 Å². The fourth-order valence-corrected chi connectivity index (χ4v) is 3.29. The SMILES string of the molecule is O=C(NCCCn1nc(C(F)(F)F)cc1C1CC1)c1ccc(COc2ccc(F)cc2F)o1. The Morgan fingerprint density at radius 2 is 1.97 bits per heavy atom. The van der Waals surface area contributed by atoms with Crippen LogP contribution in [0.5, 0.6) is 5.75 Å². The maximum atomic E-state index is 13.6. The van der Waals surface area contributed by atoms with Crippen LogP contribution in [0.3, 0.4) is 0 Å². The molecule has 176 valence electrons. The number of carbonyl (C=O) groups is 1. The van der Waals surface area contributed by atoms with Gasteiger partial charge in [0.25, 0.3) is 5.91 Å². The number of benzene rings is 1. The average molecular weight is 469 g/mol. The summed E-state index contributed by atoms with van der Waals surface area (Å²) in [5.41, 5.74) is -0.332. The maximum absolute atomic E-state index is 13.6. The number of furan rings is 1. The van der Waals surface area contributed by atoms with Gasteiger partial charge in [0, 0.05) is 30.8 Å². The lowest BCUT2D eigenvalue weighted by Crippen LogP contribution is -2.25. The fraction of sp³-hybridized carbons (Fsp3) is 0.364. The average Bonchev–Trinajstić information content (AvgIpc) is 3.31. The van der Waals surface area contributed by atoms with Crippen LogP contribution >= 0.6 is 0 Å². The summed E-state index contributed by atoms with van der Waals surface area (Å²) < 4.78 is 77.3. The second-order valence-electron chi connectivity index (χ2n) is 7.69. The first-order valence-corrected chi connectivity index (χ1v) is 10.3. The Bertz CT molecular complexity index is 1130. The largest absolute Gasteiger partial charge is 0.483 e. The highest BCUT2D eigenvalue weighted by Crippen LogP contribution is 2.42. The number of aromatic nitrogens is 2. The van der Waals surface area contributed by atoms with Crippen LogP contribution in [-0.4, -0.2) is 22.2 Å². The van der Waals surface area contributed by atoms with E-state index in [4.69, 9.17) is 9.15 Å². The number of nitrogens with one attached hydrogen (secondary N) is 1. The molecule has 1 N–H and O–H groups in total. The standard InChI is InChI=1S/C22H20F5N3O3/c23-14-4-6-18(16(24)10-14)32-12-15-5-7-19(33-15)21(31)28-8-1-9-30-17(13-2-3-13)11-20(29-30)22(25,26)27/h4-7,10-11,13H,1-3,8-9,12H2,(H,28,31). The lowest BCUT2D eigenvalue weighted by atomic mass is 10.2. The molecule has 1 fully saturated rings. The van der Waals surface area contributed by atoms with Crippen molar-refractivity contribution in [3.05, 3.63) is 70.9 Å². The van der Waals surface area contributed by atoms with E-state index in [9.17, 15) is 26.7 Å². The quantitative estimate of drug-likeness (QED) is 0.352. The minimum Gasteiger partial charge on any atom is -0.483 e. The predicted octanol–water partition coefficient (Wildman–Crippen LogP) is 5.05. The Kier molecular flexibility index (Phi) is 6.39. The van der Waals surface area contributed by atoms with Crippen molar-refractivity contribution in [3.8, 4) is 5.75 Å². The molecule has 0 unspecified atom stereocenters. The summed E-state index contributed by atoms with van der Waals surface area (Å²) in [5, 5.41) is 6.31. The van der Waals surface area contributed by atoms with Crippen molar-refractivity contribution < 1.29 is 35.9 Å². The van der Waals surface area contributed by atoms with Gasteiger partial charge in [-0.25, -0.2) is 8.78 Å². The van der Waals surface area contributed by atoms with Crippen LogP contribution in [0.2, 0.25) is 0 Å². The molecule has 33 heavy (non-hydrogen) atoms. The van der Waals surface area contributed by atoms with Crippen molar-refractivity contribution in [2.45, 2.75) is 44.5 Å². The monoisotopic (exact) mass is 469 g/mol. The molecule has 2 heterocycles. The Hall–Kier alpha value is -3.37. The number of ether oxygens (including phenoxy) is 1. The number of nitrogens with zero attached hydrogens (tertiary/aromatic N) is 2. The highest BCUT2D eigenvalue weighted by Gasteiger charge is 2.37. The number of hydrogen-bond donors (Lipinski definition) is 1. The van der Waals surface area contributed by atoms with E-state index in [1.54, 1.807) is 0 Å². The van der Waals surface area contributed by atoms with Gasteiger partial charge in [-0.2, -0.15) is 18.3 Å². The van der Waals surface area contributed by atoms with Crippen molar-refractivity contribution >= 4 is 5.91 Å². The number of halogens is 5. The zero-order valence-corrected chi connectivity index (χ0v) is 17.3. The van der Waals surface area contributed by atoms with Gasteiger partial charge in [0.15, 0.2) is 23.0 Å². The molecule has 0 spiro atoms. The van der Waals surface area contributed by atoms with Gasteiger partial charge in [0.1, 0.15) is 18.2 Å². The first kappa shape index (κ1) is 22.8. The highest BCUT2D eigenvalue weighted by molar-refractivity contribution is 5.91. The third kappa shape index (κ3) is 5.71. The molecule has 0 radical (unpaired) electrons. The Balaban J connectivity index is 1.25. The lowest BCUT2D eigenvalue weighted by Gasteiger charge is -2.07. The van der Waals surface area contributed by atoms with Gasteiger partial charge in [0.2, 0.25) is 0 Å². The first-order valence-electron chi connectivity index (χ1n) is 10.3. The number of carbonyl (C=O) groups excluding carboxylic acids is 1. The molecule has 1 saturated carbocycles. The van der Waals surface area contributed by atoms with Gasteiger partial charge < -0.3 is 14.5 Å². The van der Waals surface area contributed by atoms with E-state index >= 15 is 0 Å². The summed E-state index contributed by atoms with van der Waals surface area (Å²) in [7, 11) is 0. The summed E-state index contributed by atoms with van der Waals surface area (Å²) in [6.45, 7) is 0.279. The van der Waals surface area contributed by atoms with Crippen LogP contribution in [0.15, 0.2) is 40.8 Å². The number of hydrogen-bond acceptors (Lipinski definition) is 4. The Labute approximate surface area is 185 Å². The normalized spacial score (nSPS) is 13.8. The van der Waals surface area contributed by atoms with Crippen LogP contribution in [0, 0.1) is 11.6 Å². The van der Waals surface area contributed by atoms with Crippen LogP contribution < -0.4 is 10.1 Å². The number of aryl methyl sites for hydroxylation is 1. The minimum atomic E-state index is -4.49. The second kappa shape index (κ2) is 9.24. The molecule has 1 aliphatic rings. The first-order chi connectivity index (χ1) is 15.7. The van der Waals surface area contributed by atoms with Crippen LogP contribution in [0.4, 0.5) is 22.0 Å². The third-order valence-corrected chi connectivity index (χ3v) is 5.08. The molecule has 2 aromatic heterocycles. The van der Waals surface area contributed by atoms with Gasteiger partial charge in [-0.1, -0.05) is 0 Å². The smallest absolute Gasteiger partial charge is 0.435 e. The Morgan fingerprint density at radius 3 is 2.67 bits per heavy atom. The fourth-order valence-electron chi connectivity index (χ4n) is 3.29. The topological polar surface area (TPSA) is 69.3 Å². The van der Waals surface area contributed by atoms with Gasteiger partial charge in [0.05, 0.1) is 0 Å². The van der Waals surface area contributed by atoms with E-state index in [2.05, 4.69) is 10.4 Å². The summed E-state index contributed by atoms with van der Waals surface area (Å²) >= 11 is 0. The molecule has 0 bridgehead atoms. The number of alkyl halides is 3. The zero-order valence-electron chi connectivity index (χ0n) is 17.3. The van der Waals surface area contributed by atoms with Crippen molar-refractivity contribution in [2.75, 3.05) is 6.54 Å². The molecule has 1 aromatic carbocycles. The van der Waals surface area contributed by atoms with E-state index in [0.717, 1.165) is 31.0 Å². The molecule has 1 aliphatic carbocycles. The molecule has 0 saturated heterocycles. The third-order valence-electron chi connectivity index (χ3n) is 5.08. The summed E-state index contributed by atoms with van der Waals surface area (Å²) in [6, 6.07) is 6.90. The van der Waals surface area contributed by atoms with Crippen molar-refractivity contribution in [2.24, 2.45) is 0 Å². The van der Waals surface area contributed by atoms with E-state index < -0.39 is 29.4 Å². The van der Waals surface area contributed by atoms with E-state index in [1.807, 2.05) is 0 Å². The summed E-state index contributed by atoms with van der Waals surface area (Å²) in [4.78, 5) is 12.2. The van der Waals surface area contributed by atoms with Gasteiger partial charge >= 0.3 is 6.18 Å². The lowest BCUT2D eigenvalue weighted by molar-refractivity contribution is -0.141. The molecular formula is C22H20F5N3O3. The summed E-state index contributed by atoms with van der Waals surface area (Å²) in [5.74, 6) is -1.88. The molecular weight excluding hydrogens is 449 g/mol. The van der Waals surface area contributed by atoms with Crippen molar-refractivity contribution in [1.29, 1.82) is 0 Å². The van der Waals surface area contributed by atoms with E-state index in [0.29, 0.717) is 18.2 Å². The molecule has 4 rings (SSSR count). The second-order valence-corrected chi connectivity index (χ2v) is 7.69. The number of amides is 1. The molecule has 3 aromatic rings. The van der Waals surface area contributed by atoms with E-state index in [-0.39, 0.29) is 42.9 Å². The molecule has 0 atom stereocenters. The zero-order chi connectivity index (χ0) is 23.6. The van der Waals surface area contributed by atoms with Crippen molar-refractivity contribution in [1.82, 2.24) is 15.1 Å². The highest BCUT2D eigenvalue weighted by atomic mass is 19.4. The Morgan fingerprint density at radius 1 is 1.18 bits per heavy atom. The van der Waals surface area contributed by atoms with Crippen molar-refractivity contribution in [3.63, 3.8) is 0 Å². The molecule has 0 aliphatic heterocycles. The van der Waals surface area contributed by atoms with Gasteiger partial charge in [-0.05, 0) is 49.6 Å². The molecule has 11 heteroatoms. The molecule has 1 amide bonds. The maximum Gasteiger partial charge on any atom is 0.435 e. The molecule has 6 nitrogen and oxygen atoms in total.